The van der Waals surface area contributed by atoms with E-state index in [0.717, 1.165) is 6.20 Å². The van der Waals surface area contributed by atoms with E-state index < -0.39 is 17.8 Å². The Balaban J connectivity index is 3.14. The summed E-state index contributed by atoms with van der Waals surface area (Å²) in [6, 6.07) is 2.79. The number of rotatable bonds is 2. The van der Waals surface area contributed by atoms with E-state index >= 15 is 0 Å². The lowest BCUT2D eigenvalue weighted by molar-refractivity contribution is -0.276. The molecule has 4 nitrogen and oxygen atoms in total. The van der Waals surface area contributed by atoms with Gasteiger partial charge in [0.15, 0.2) is 5.56 Å². The lowest BCUT2D eigenvalue weighted by Crippen LogP contribution is -2.18. The van der Waals surface area contributed by atoms with Crippen molar-refractivity contribution in [2.24, 2.45) is 0 Å². The van der Waals surface area contributed by atoms with Gasteiger partial charge in [-0.1, -0.05) is 0 Å². The first-order chi connectivity index (χ1) is 6.98. The van der Waals surface area contributed by atoms with Gasteiger partial charge >= 0.3 is 6.36 Å². The number of hydrogen-bond donors (Lipinski definition) is 0. The summed E-state index contributed by atoms with van der Waals surface area (Å²) in [5.41, 5.74) is -0.391. The van der Waals surface area contributed by atoms with Gasteiger partial charge in [-0.2, -0.15) is 5.26 Å². The number of nitriles is 1. The van der Waals surface area contributed by atoms with Crippen LogP contribution >= 0.6 is 0 Å². The summed E-state index contributed by atoms with van der Waals surface area (Å²) < 4.78 is 43.9. The van der Waals surface area contributed by atoms with Crippen LogP contribution in [0.5, 0.6) is 11.6 Å². The smallest absolute Gasteiger partial charge is 0.495 e. The predicted octanol–water partition coefficient (Wildman–Crippen LogP) is 1.86. The van der Waals surface area contributed by atoms with Crippen LogP contribution in [0.4, 0.5) is 13.2 Å². The molecule has 0 N–H and O–H groups in total. The SMILES string of the molecule is COc1ccnc(OC(F)(F)F)c1C#N. The maximum atomic E-state index is 11.9. The molecule has 80 valence electrons. The molecule has 0 aliphatic carbocycles. The molecule has 0 saturated heterocycles. The fourth-order valence-electron chi connectivity index (χ4n) is 0.886. The van der Waals surface area contributed by atoms with E-state index in [9.17, 15) is 13.2 Å². The molecule has 1 rings (SSSR count). The van der Waals surface area contributed by atoms with E-state index in [1.54, 1.807) is 0 Å². The third kappa shape index (κ3) is 2.74. The molecule has 0 radical (unpaired) electrons. The lowest BCUT2D eigenvalue weighted by atomic mass is 10.2. The van der Waals surface area contributed by atoms with Crippen molar-refractivity contribution in [3.63, 3.8) is 0 Å². The van der Waals surface area contributed by atoms with Gasteiger partial charge in [-0.25, -0.2) is 4.98 Å². The Morgan fingerprint density at radius 2 is 2.13 bits per heavy atom. The minimum Gasteiger partial charge on any atom is -0.495 e. The molecule has 0 saturated carbocycles. The van der Waals surface area contributed by atoms with E-state index in [0.29, 0.717) is 0 Å². The van der Waals surface area contributed by atoms with Crippen molar-refractivity contribution in [1.82, 2.24) is 4.98 Å². The first-order valence-electron chi connectivity index (χ1n) is 3.66. The Hall–Kier alpha value is -1.97. The lowest BCUT2D eigenvalue weighted by Gasteiger charge is -2.10. The standard InChI is InChI=1S/C8H5F3N2O2/c1-14-6-2-3-13-7(5(6)4-12)15-8(9,10)11/h2-3H,1H3. The van der Waals surface area contributed by atoms with Crippen LogP contribution in [0.2, 0.25) is 0 Å². The number of alkyl halides is 3. The first kappa shape index (κ1) is 11.1. The van der Waals surface area contributed by atoms with Crippen LogP contribution in [-0.4, -0.2) is 18.5 Å². The molecule has 0 atom stereocenters. The number of halogens is 3. The van der Waals surface area contributed by atoms with Crippen LogP contribution in [0.25, 0.3) is 0 Å². The van der Waals surface area contributed by atoms with Gasteiger partial charge in [-0.15, -0.1) is 13.2 Å². The largest absolute Gasteiger partial charge is 0.574 e. The number of nitrogens with zero attached hydrogens (tertiary/aromatic N) is 2. The molecule has 1 aromatic heterocycles. The van der Waals surface area contributed by atoms with Crippen LogP contribution in [-0.2, 0) is 0 Å². The molecule has 0 aliphatic heterocycles. The van der Waals surface area contributed by atoms with Gasteiger partial charge in [0.1, 0.15) is 11.8 Å². The molecule has 0 fully saturated rings. The average Bonchev–Trinajstić information content (AvgIpc) is 2.15. The summed E-state index contributed by atoms with van der Waals surface area (Å²) in [5.74, 6) is -0.837. The maximum Gasteiger partial charge on any atom is 0.574 e. The van der Waals surface area contributed by atoms with Crippen molar-refractivity contribution in [2.45, 2.75) is 6.36 Å². The Labute approximate surface area is 82.9 Å². The molecular weight excluding hydrogens is 213 g/mol. The third-order valence-electron chi connectivity index (χ3n) is 1.42. The summed E-state index contributed by atoms with van der Waals surface area (Å²) in [4.78, 5) is 3.30. The Bertz CT molecular complexity index is 398. The van der Waals surface area contributed by atoms with Gasteiger partial charge in [0.25, 0.3) is 0 Å². The number of pyridine rings is 1. The second kappa shape index (κ2) is 4.04. The minimum absolute atomic E-state index is 0.0215. The van der Waals surface area contributed by atoms with Crippen LogP contribution in [0.15, 0.2) is 12.3 Å². The quantitative estimate of drug-likeness (QED) is 0.760. The number of hydrogen-bond acceptors (Lipinski definition) is 4. The molecule has 0 aromatic carbocycles. The summed E-state index contributed by atoms with van der Waals surface area (Å²) >= 11 is 0. The molecule has 0 bridgehead atoms. The molecule has 0 amide bonds. The zero-order chi connectivity index (χ0) is 11.5. The van der Waals surface area contributed by atoms with Gasteiger partial charge in [-0.05, 0) is 0 Å². The molecule has 1 heterocycles. The molecule has 7 heteroatoms. The number of methoxy groups -OCH3 is 1. The Morgan fingerprint density at radius 1 is 1.47 bits per heavy atom. The van der Waals surface area contributed by atoms with Gasteiger partial charge in [-0.3, -0.25) is 0 Å². The van der Waals surface area contributed by atoms with E-state index in [-0.39, 0.29) is 5.75 Å². The molecule has 0 spiro atoms. The monoisotopic (exact) mass is 218 g/mol. The molecular formula is C8H5F3N2O2. The topological polar surface area (TPSA) is 55.1 Å². The van der Waals surface area contributed by atoms with Crippen molar-refractivity contribution in [3.8, 4) is 17.7 Å². The highest BCUT2D eigenvalue weighted by Gasteiger charge is 2.33. The van der Waals surface area contributed by atoms with E-state index in [1.165, 1.54) is 19.2 Å². The molecule has 0 unspecified atom stereocenters. The van der Waals surface area contributed by atoms with Crippen molar-refractivity contribution in [3.05, 3.63) is 17.8 Å². The summed E-state index contributed by atoms with van der Waals surface area (Å²) in [6.45, 7) is 0. The van der Waals surface area contributed by atoms with Crippen molar-refractivity contribution in [2.75, 3.05) is 7.11 Å². The zero-order valence-corrected chi connectivity index (χ0v) is 7.50. The van der Waals surface area contributed by atoms with E-state index in [4.69, 9.17) is 5.26 Å². The fourth-order valence-corrected chi connectivity index (χ4v) is 0.886. The highest BCUT2D eigenvalue weighted by molar-refractivity contribution is 5.48. The summed E-state index contributed by atoms with van der Waals surface area (Å²) in [7, 11) is 1.23. The van der Waals surface area contributed by atoms with Gasteiger partial charge in [0.2, 0.25) is 5.88 Å². The van der Waals surface area contributed by atoms with Crippen LogP contribution in [0, 0.1) is 11.3 Å². The van der Waals surface area contributed by atoms with E-state index in [1.807, 2.05) is 0 Å². The second-order valence-electron chi connectivity index (χ2n) is 2.35. The molecule has 15 heavy (non-hydrogen) atoms. The zero-order valence-electron chi connectivity index (χ0n) is 7.50. The van der Waals surface area contributed by atoms with Gasteiger partial charge in [0.05, 0.1) is 7.11 Å². The average molecular weight is 218 g/mol. The highest BCUT2D eigenvalue weighted by Crippen LogP contribution is 2.29. The Morgan fingerprint density at radius 3 is 2.60 bits per heavy atom. The highest BCUT2D eigenvalue weighted by atomic mass is 19.4. The predicted molar refractivity (Wildman–Crippen MR) is 42.2 cm³/mol. The summed E-state index contributed by atoms with van der Waals surface area (Å²) in [6.07, 6.45) is -3.83. The number of ether oxygens (including phenoxy) is 2. The van der Waals surface area contributed by atoms with Gasteiger partial charge < -0.3 is 9.47 Å². The van der Waals surface area contributed by atoms with Crippen molar-refractivity contribution >= 4 is 0 Å². The molecule has 0 aliphatic rings. The van der Waals surface area contributed by atoms with Crippen molar-refractivity contribution < 1.29 is 22.6 Å². The fraction of sp³-hybridized carbons (Fsp3) is 0.250. The maximum absolute atomic E-state index is 11.9. The van der Waals surface area contributed by atoms with Crippen molar-refractivity contribution in [1.29, 1.82) is 5.26 Å². The minimum atomic E-state index is -4.88. The Kier molecular flexibility index (Phi) is 2.99. The first-order valence-corrected chi connectivity index (χ1v) is 3.66. The second-order valence-corrected chi connectivity index (χ2v) is 2.35. The van der Waals surface area contributed by atoms with Gasteiger partial charge in [0, 0.05) is 12.3 Å². The number of aromatic nitrogens is 1. The van der Waals surface area contributed by atoms with Crippen LogP contribution in [0.1, 0.15) is 5.56 Å². The third-order valence-corrected chi connectivity index (χ3v) is 1.42. The van der Waals surface area contributed by atoms with E-state index in [2.05, 4.69) is 14.5 Å². The van der Waals surface area contributed by atoms with Crippen LogP contribution < -0.4 is 9.47 Å². The summed E-state index contributed by atoms with van der Waals surface area (Å²) in [5, 5.41) is 8.61. The van der Waals surface area contributed by atoms with Crippen LogP contribution in [0.3, 0.4) is 0 Å². The molecule has 1 aromatic rings. The normalized spacial score (nSPS) is 10.6.